The molecular weight excluding hydrogens is 378 g/mol. The van der Waals surface area contributed by atoms with E-state index in [0.29, 0.717) is 30.2 Å². The Kier molecular flexibility index (Phi) is 4.15. The van der Waals surface area contributed by atoms with Crippen molar-refractivity contribution in [2.75, 3.05) is 23.3 Å². The van der Waals surface area contributed by atoms with Gasteiger partial charge in [0.15, 0.2) is 0 Å². The first kappa shape index (κ1) is 17.6. The van der Waals surface area contributed by atoms with E-state index in [2.05, 4.69) is 20.8 Å². The van der Waals surface area contributed by atoms with Crippen molar-refractivity contribution in [1.82, 2.24) is 20.3 Å². The maximum Gasteiger partial charge on any atom is 0.319 e. The molecule has 0 spiro atoms. The van der Waals surface area contributed by atoms with Crippen molar-refractivity contribution in [3.63, 3.8) is 0 Å². The first-order valence-electron chi connectivity index (χ1n) is 9.33. The van der Waals surface area contributed by atoms with Gasteiger partial charge in [0.2, 0.25) is 0 Å². The first-order valence-corrected chi connectivity index (χ1v) is 9.33. The molecule has 0 radical (unpaired) electrons. The highest BCUT2D eigenvalue weighted by atomic mass is 19.1. The molecule has 5 rings (SSSR count). The maximum absolute atomic E-state index is 14.0. The molecule has 3 aromatic rings. The van der Waals surface area contributed by atoms with Gasteiger partial charge in [-0.05, 0) is 24.3 Å². The highest BCUT2D eigenvalue weighted by Gasteiger charge is 2.56. The minimum absolute atomic E-state index is 0.0461. The van der Waals surface area contributed by atoms with Crippen molar-refractivity contribution in [1.29, 1.82) is 0 Å². The van der Waals surface area contributed by atoms with Gasteiger partial charge in [-0.3, -0.25) is 0 Å². The molecule has 2 amide bonds. The Labute approximate surface area is 165 Å². The molecule has 7 nitrogen and oxygen atoms in total. The summed E-state index contributed by atoms with van der Waals surface area (Å²) in [6, 6.07) is 10.6. The van der Waals surface area contributed by atoms with Crippen LogP contribution in [0.5, 0.6) is 0 Å². The third-order valence-electron chi connectivity index (χ3n) is 5.53. The van der Waals surface area contributed by atoms with Crippen molar-refractivity contribution in [2.45, 2.75) is 6.04 Å². The van der Waals surface area contributed by atoms with Crippen LogP contribution in [-0.4, -0.2) is 40.2 Å². The van der Waals surface area contributed by atoms with Gasteiger partial charge < -0.3 is 15.5 Å². The number of anilines is 2. The van der Waals surface area contributed by atoms with Crippen molar-refractivity contribution >= 4 is 17.4 Å². The third-order valence-corrected chi connectivity index (χ3v) is 5.53. The van der Waals surface area contributed by atoms with E-state index in [4.69, 9.17) is 0 Å². The Morgan fingerprint density at radius 1 is 1.00 bits per heavy atom. The number of halogens is 2. The summed E-state index contributed by atoms with van der Waals surface area (Å²) in [5, 5.41) is 14.0. The summed E-state index contributed by atoms with van der Waals surface area (Å²) in [5.74, 6) is -0.628. The average Bonchev–Trinajstić information content (AvgIpc) is 3.13. The zero-order chi connectivity index (χ0) is 20.0. The normalized spacial score (nSPS) is 22.3. The number of benzene rings is 2. The number of para-hydroxylation sites is 2. The molecule has 2 aliphatic rings. The lowest BCUT2D eigenvalue weighted by Crippen LogP contribution is -2.37. The molecule has 1 aliphatic heterocycles. The van der Waals surface area contributed by atoms with E-state index >= 15 is 0 Å². The van der Waals surface area contributed by atoms with Gasteiger partial charge in [0, 0.05) is 37.0 Å². The lowest BCUT2D eigenvalue weighted by molar-refractivity contribution is 0.250. The van der Waals surface area contributed by atoms with Crippen LogP contribution >= 0.6 is 0 Å². The molecule has 2 N–H and O–H groups in total. The molecule has 9 heteroatoms. The number of fused-ring (bicyclic) bond motifs is 1. The van der Waals surface area contributed by atoms with Crippen molar-refractivity contribution in [3.8, 4) is 5.69 Å². The highest BCUT2D eigenvalue weighted by Crippen LogP contribution is 2.47. The van der Waals surface area contributed by atoms with E-state index in [0.717, 1.165) is 6.07 Å². The van der Waals surface area contributed by atoms with Gasteiger partial charge >= 0.3 is 6.03 Å². The van der Waals surface area contributed by atoms with Crippen molar-refractivity contribution in [3.05, 3.63) is 66.5 Å². The number of rotatable bonds is 4. The van der Waals surface area contributed by atoms with E-state index in [9.17, 15) is 13.6 Å². The maximum atomic E-state index is 14.0. The SMILES string of the molecule is O=C(Nc1ccccc1-n1nccn1)NC1C2CN(c3ccc(F)cc3F)CC21. The van der Waals surface area contributed by atoms with Crippen LogP contribution < -0.4 is 15.5 Å². The summed E-state index contributed by atoms with van der Waals surface area (Å²) in [7, 11) is 0. The fourth-order valence-electron chi connectivity index (χ4n) is 4.08. The van der Waals surface area contributed by atoms with Crippen LogP contribution in [0.1, 0.15) is 0 Å². The molecule has 2 aromatic carbocycles. The third kappa shape index (κ3) is 3.28. The van der Waals surface area contributed by atoms with E-state index in [1.165, 1.54) is 16.9 Å². The van der Waals surface area contributed by atoms with E-state index < -0.39 is 11.6 Å². The van der Waals surface area contributed by atoms with Crippen LogP contribution in [0.2, 0.25) is 0 Å². The van der Waals surface area contributed by atoms with Gasteiger partial charge in [-0.2, -0.15) is 10.2 Å². The summed E-state index contributed by atoms with van der Waals surface area (Å²) in [4.78, 5) is 15.8. The molecule has 2 fully saturated rings. The molecule has 1 saturated heterocycles. The molecule has 29 heavy (non-hydrogen) atoms. The first-order chi connectivity index (χ1) is 14.1. The molecule has 0 bridgehead atoms. The van der Waals surface area contributed by atoms with E-state index in [1.54, 1.807) is 18.5 Å². The topological polar surface area (TPSA) is 75.1 Å². The Morgan fingerprint density at radius 3 is 2.45 bits per heavy atom. The van der Waals surface area contributed by atoms with Crippen molar-refractivity contribution in [2.24, 2.45) is 11.8 Å². The Balaban J connectivity index is 1.20. The number of nitrogens with zero attached hydrogens (tertiary/aromatic N) is 4. The molecular formula is C20H18F2N6O. The van der Waals surface area contributed by atoms with Crippen LogP contribution in [0.4, 0.5) is 25.0 Å². The summed E-state index contributed by atoms with van der Waals surface area (Å²) in [6.45, 7) is 1.26. The number of carbonyl (C=O) groups excluding carboxylic acids is 1. The second-order valence-electron chi connectivity index (χ2n) is 7.29. The van der Waals surface area contributed by atoms with Gasteiger partial charge in [-0.1, -0.05) is 12.1 Å². The number of piperidine rings is 1. The second kappa shape index (κ2) is 6.84. The quantitative estimate of drug-likeness (QED) is 0.711. The predicted octanol–water partition coefficient (Wildman–Crippen LogP) is 2.80. The van der Waals surface area contributed by atoms with Crippen LogP contribution in [0.15, 0.2) is 54.9 Å². The Hall–Kier alpha value is -3.49. The molecule has 1 saturated carbocycles. The minimum atomic E-state index is -0.586. The summed E-state index contributed by atoms with van der Waals surface area (Å²) in [6.07, 6.45) is 3.13. The number of hydrogen-bond acceptors (Lipinski definition) is 4. The lowest BCUT2D eigenvalue weighted by Gasteiger charge is -2.23. The zero-order valence-electron chi connectivity index (χ0n) is 15.3. The van der Waals surface area contributed by atoms with E-state index in [-0.39, 0.29) is 23.9 Å². The monoisotopic (exact) mass is 396 g/mol. The zero-order valence-corrected chi connectivity index (χ0v) is 15.3. The minimum Gasteiger partial charge on any atom is -0.368 e. The average molecular weight is 396 g/mol. The fourth-order valence-corrected chi connectivity index (χ4v) is 4.08. The smallest absolute Gasteiger partial charge is 0.319 e. The largest absolute Gasteiger partial charge is 0.368 e. The molecule has 2 heterocycles. The Morgan fingerprint density at radius 2 is 1.72 bits per heavy atom. The second-order valence-corrected chi connectivity index (χ2v) is 7.29. The van der Waals surface area contributed by atoms with Gasteiger partial charge in [0.1, 0.15) is 17.3 Å². The van der Waals surface area contributed by atoms with Crippen LogP contribution in [0.3, 0.4) is 0 Å². The summed E-state index contributed by atoms with van der Waals surface area (Å²) in [5.41, 5.74) is 1.67. The number of carbonyl (C=O) groups is 1. The van der Waals surface area contributed by atoms with Crippen LogP contribution in [0, 0.1) is 23.5 Å². The number of nitrogens with one attached hydrogen (secondary N) is 2. The standard InChI is InChI=1S/C20H18F2N6O/c21-12-5-6-17(15(22)9-12)27-10-13-14(11-27)19(13)26-20(29)25-16-3-1-2-4-18(16)28-23-7-8-24-28/h1-9,13-14,19H,10-11H2,(H2,25,26,29). The van der Waals surface area contributed by atoms with Gasteiger partial charge in [-0.25, -0.2) is 13.6 Å². The molecule has 1 aromatic heterocycles. The number of aromatic nitrogens is 3. The predicted molar refractivity (Wildman–Crippen MR) is 103 cm³/mol. The summed E-state index contributed by atoms with van der Waals surface area (Å²) < 4.78 is 27.1. The van der Waals surface area contributed by atoms with Crippen LogP contribution in [0.25, 0.3) is 5.69 Å². The number of hydrogen-bond donors (Lipinski definition) is 2. The van der Waals surface area contributed by atoms with Gasteiger partial charge in [0.05, 0.1) is 23.8 Å². The summed E-state index contributed by atoms with van der Waals surface area (Å²) >= 11 is 0. The number of amides is 2. The van der Waals surface area contributed by atoms with Crippen molar-refractivity contribution < 1.29 is 13.6 Å². The molecule has 2 atom stereocenters. The van der Waals surface area contributed by atoms with Gasteiger partial charge in [0.25, 0.3) is 0 Å². The number of urea groups is 1. The van der Waals surface area contributed by atoms with Crippen LogP contribution in [-0.2, 0) is 0 Å². The lowest BCUT2D eigenvalue weighted by atomic mass is 10.2. The molecule has 148 valence electrons. The van der Waals surface area contributed by atoms with Gasteiger partial charge in [-0.15, -0.1) is 4.80 Å². The molecule has 2 unspecified atom stereocenters. The highest BCUT2D eigenvalue weighted by molar-refractivity contribution is 5.92. The molecule has 1 aliphatic carbocycles. The Bertz CT molecular complexity index is 1040. The fraction of sp³-hybridized carbons (Fsp3) is 0.250. The van der Waals surface area contributed by atoms with E-state index in [1.807, 2.05) is 23.1 Å².